The van der Waals surface area contributed by atoms with Gasteiger partial charge in [0.25, 0.3) is 23.6 Å². The lowest BCUT2D eigenvalue weighted by molar-refractivity contribution is -0.169. The summed E-state index contributed by atoms with van der Waals surface area (Å²) in [6.07, 6.45) is 4.40. The molecular weight excluding hydrogens is 204 g/mol. The van der Waals surface area contributed by atoms with Crippen molar-refractivity contribution in [2.75, 3.05) is 0 Å². The number of nitrogens with zero attached hydrogens (tertiary/aromatic N) is 1. The molecule has 7 nitrogen and oxygen atoms in total. The van der Waals surface area contributed by atoms with Crippen LogP contribution in [-0.4, -0.2) is 33.9 Å². The third kappa shape index (κ3) is 2.85. The predicted molar refractivity (Wildman–Crippen MR) is 45.1 cm³/mol. The monoisotopic (exact) mass is 210 g/mol. The van der Waals surface area contributed by atoms with E-state index in [-0.39, 0.29) is 16.9 Å². The van der Waals surface area contributed by atoms with Crippen LogP contribution in [0.5, 0.6) is 0 Å². The first-order valence-corrected chi connectivity index (χ1v) is 3.79. The van der Waals surface area contributed by atoms with E-state index in [2.05, 4.69) is 0 Å². The van der Waals surface area contributed by atoms with Crippen LogP contribution in [0.2, 0.25) is 0 Å². The second kappa shape index (κ2) is 4.29. The van der Waals surface area contributed by atoms with Crippen molar-refractivity contribution in [2.45, 2.75) is 0 Å². The van der Waals surface area contributed by atoms with Crippen LogP contribution in [0.1, 0.15) is 0 Å². The van der Waals surface area contributed by atoms with Gasteiger partial charge in [0, 0.05) is 24.3 Å². The highest BCUT2D eigenvalue weighted by molar-refractivity contribution is 6.13. The minimum atomic E-state index is -0.685. The molecule has 0 fully saturated rings. The molecule has 78 valence electrons. The molecule has 0 atom stereocenters. The maximum atomic E-state index is 10.2. The Morgan fingerprint density at radius 3 is 1.40 bits per heavy atom. The van der Waals surface area contributed by atoms with Crippen molar-refractivity contribution >= 4 is 23.6 Å². The Labute approximate surface area is 83.6 Å². The molecule has 2 aliphatic heterocycles. The van der Waals surface area contributed by atoms with Gasteiger partial charge in [-0.25, -0.2) is 0 Å². The van der Waals surface area contributed by atoms with Crippen LogP contribution in [0.15, 0.2) is 24.3 Å². The molecule has 0 saturated carbocycles. The number of imide groups is 2. The zero-order valence-electron chi connectivity index (χ0n) is 7.34. The Morgan fingerprint density at radius 2 is 1.27 bits per heavy atom. The molecule has 0 spiro atoms. The molecule has 0 unspecified atom stereocenters. The zero-order valence-corrected chi connectivity index (χ0v) is 7.34. The molecule has 2 heterocycles. The number of amides is 4. The van der Waals surface area contributed by atoms with Gasteiger partial charge in [0.2, 0.25) is 0 Å². The summed E-state index contributed by atoms with van der Waals surface area (Å²) in [5.74, 6) is -2.03. The predicted octanol–water partition coefficient (Wildman–Crippen LogP) is -1.50. The number of rotatable bonds is 0. The van der Waals surface area contributed by atoms with Crippen molar-refractivity contribution in [3.8, 4) is 0 Å². The largest absolute Gasteiger partial charge is 0.289 e. The fourth-order valence-electron chi connectivity index (χ4n) is 0.749. The fraction of sp³-hybridized carbons (Fsp3) is 0. The molecule has 0 bridgehead atoms. The van der Waals surface area contributed by atoms with Crippen molar-refractivity contribution < 1.29 is 24.4 Å². The van der Waals surface area contributed by atoms with Gasteiger partial charge in [-0.2, -0.15) is 0 Å². The van der Waals surface area contributed by atoms with E-state index >= 15 is 0 Å². The van der Waals surface area contributed by atoms with Crippen LogP contribution in [0.25, 0.3) is 0 Å². The molecule has 0 aliphatic carbocycles. The highest BCUT2D eigenvalue weighted by Gasteiger charge is 2.20. The van der Waals surface area contributed by atoms with Crippen LogP contribution >= 0.6 is 0 Å². The van der Waals surface area contributed by atoms with Crippen molar-refractivity contribution in [1.82, 2.24) is 10.4 Å². The van der Waals surface area contributed by atoms with E-state index in [1.165, 1.54) is 12.2 Å². The lowest BCUT2D eigenvalue weighted by Crippen LogP contribution is -2.25. The molecule has 15 heavy (non-hydrogen) atoms. The van der Waals surface area contributed by atoms with Gasteiger partial charge in [0.05, 0.1) is 0 Å². The van der Waals surface area contributed by atoms with Gasteiger partial charge in [0.1, 0.15) is 0 Å². The Bertz CT molecular complexity index is 362. The Morgan fingerprint density at radius 1 is 0.867 bits per heavy atom. The molecule has 0 radical (unpaired) electrons. The second-order valence-electron chi connectivity index (χ2n) is 2.51. The van der Waals surface area contributed by atoms with E-state index < -0.39 is 11.8 Å². The Balaban J connectivity index is 0.000000151. The highest BCUT2D eigenvalue weighted by Crippen LogP contribution is 1.96. The molecule has 0 aromatic heterocycles. The molecule has 4 amide bonds. The number of hydrogen-bond donors (Lipinski definition) is 2. The van der Waals surface area contributed by atoms with Crippen LogP contribution < -0.4 is 5.32 Å². The number of hydrogen-bond acceptors (Lipinski definition) is 5. The molecular formula is C8H6N2O5. The molecule has 0 aromatic carbocycles. The van der Waals surface area contributed by atoms with Gasteiger partial charge in [-0.15, -0.1) is 5.06 Å². The number of hydroxylamine groups is 2. The number of carbonyl (C=O) groups is 4. The van der Waals surface area contributed by atoms with E-state index in [1.54, 1.807) is 0 Å². The molecule has 2 rings (SSSR count). The van der Waals surface area contributed by atoms with E-state index in [0.29, 0.717) is 0 Å². The summed E-state index contributed by atoms with van der Waals surface area (Å²) in [5, 5.41) is 10.4. The van der Waals surface area contributed by atoms with E-state index in [9.17, 15) is 19.2 Å². The summed E-state index contributed by atoms with van der Waals surface area (Å²) in [5.41, 5.74) is 0. The normalized spacial score (nSPS) is 18.1. The smallest absolute Gasteiger partial charge is 0.277 e. The van der Waals surface area contributed by atoms with Crippen molar-refractivity contribution in [1.29, 1.82) is 0 Å². The van der Waals surface area contributed by atoms with Gasteiger partial charge < -0.3 is 0 Å². The summed E-state index contributed by atoms with van der Waals surface area (Å²) >= 11 is 0. The second-order valence-corrected chi connectivity index (χ2v) is 2.51. The van der Waals surface area contributed by atoms with Crippen molar-refractivity contribution in [3.63, 3.8) is 0 Å². The maximum Gasteiger partial charge on any atom is 0.277 e. The van der Waals surface area contributed by atoms with Gasteiger partial charge in [-0.05, 0) is 0 Å². The van der Waals surface area contributed by atoms with Gasteiger partial charge in [-0.3, -0.25) is 29.7 Å². The molecule has 2 aliphatic rings. The molecule has 7 heteroatoms. The molecule has 2 N–H and O–H groups in total. The SMILES string of the molecule is O=C1C=CC(=O)N1.O=C1C=CC(=O)N1O. The zero-order chi connectivity index (χ0) is 11.4. The highest BCUT2D eigenvalue weighted by atomic mass is 16.5. The summed E-state index contributed by atoms with van der Waals surface area (Å²) in [6.45, 7) is 0. The van der Waals surface area contributed by atoms with Crippen LogP contribution in [0.4, 0.5) is 0 Å². The van der Waals surface area contributed by atoms with E-state index in [4.69, 9.17) is 5.21 Å². The van der Waals surface area contributed by atoms with Gasteiger partial charge >= 0.3 is 0 Å². The van der Waals surface area contributed by atoms with Gasteiger partial charge in [-0.1, -0.05) is 0 Å². The third-order valence-electron chi connectivity index (χ3n) is 1.42. The fourth-order valence-corrected chi connectivity index (χ4v) is 0.749. The van der Waals surface area contributed by atoms with E-state index in [1.807, 2.05) is 5.32 Å². The lowest BCUT2D eigenvalue weighted by Gasteiger charge is -1.98. The summed E-state index contributed by atoms with van der Waals surface area (Å²) in [6, 6.07) is 0. The maximum absolute atomic E-state index is 10.2. The molecule has 0 saturated heterocycles. The quantitative estimate of drug-likeness (QED) is 0.374. The first-order chi connectivity index (χ1) is 7.00. The summed E-state index contributed by atoms with van der Waals surface area (Å²) < 4.78 is 0. The van der Waals surface area contributed by atoms with Crippen molar-refractivity contribution in [3.05, 3.63) is 24.3 Å². The third-order valence-corrected chi connectivity index (χ3v) is 1.42. The average Bonchev–Trinajstić information content (AvgIpc) is 2.68. The van der Waals surface area contributed by atoms with Gasteiger partial charge in [0.15, 0.2) is 0 Å². The number of nitrogens with one attached hydrogen (secondary N) is 1. The lowest BCUT2D eigenvalue weighted by atomic mass is 10.6. The average molecular weight is 210 g/mol. The topological polar surface area (TPSA) is 104 Å². The number of carbonyl (C=O) groups excluding carboxylic acids is 4. The minimum absolute atomic E-state index is 0.0556. The first-order valence-electron chi connectivity index (χ1n) is 3.79. The minimum Gasteiger partial charge on any atom is -0.289 e. The first kappa shape index (κ1) is 10.8. The summed E-state index contributed by atoms with van der Waals surface area (Å²) in [4.78, 5) is 40.4. The van der Waals surface area contributed by atoms with E-state index in [0.717, 1.165) is 12.2 Å². The standard InChI is InChI=1S/C4H3NO3.C4H3NO2/c6-3-1-2-4(7)5(3)8;6-3-1-2-4(7)5-3/h1-2,8H;1-2H,(H,5,6,7). The molecule has 0 aromatic rings. The Hall–Kier alpha value is -2.28. The van der Waals surface area contributed by atoms with Crippen LogP contribution in [-0.2, 0) is 19.2 Å². The van der Waals surface area contributed by atoms with Crippen molar-refractivity contribution in [2.24, 2.45) is 0 Å². The Kier molecular flexibility index (Phi) is 3.09. The summed E-state index contributed by atoms with van der Waals surface area (Å²) in [7, 11) is 0. The van der Waals surface area contributed by atoms with Crippen LogP contribution in [0, 0.1) is 0 Å². The van der Waals surface area contributed by atoms with Crippen LogP contribution in [0.3, 0.4) is 0 Å².